The molecule has 2 aromatic rings. The molecule has 2 saturated heterocycles. The van der Waals surface area contributed by atoms with E-state index in [4.69, 9.17) is 4.74 Å². The van der Waals surface area contributed by atoms with Gasteiger partial charge in [0.1, 0.15) is 9.77 Å². The molecule has 0 saturated carbocycles. The molecule has 32 heavy (non-hydrogen) atoms. The van der Waals surface area contributed by atoms with Crippen LogP contribution in [-0.2, 0) is 27.8 Å². The monoisotopic (exact) mass is 477 g/mol. The average molecular weight is 478 g/mol. The first-order valence-electron chi connectivity index (χ1n) is 11.1. The lowest BCUT2D eigenvalue weighted by molar-refractivity contribution is -0.0704. The fourth-order valence-electron chi connectivity index (χ4n) is 4.43. The zero-order valence-corrected chi connectivity index (χ0v) is 20.3. The van der Waals surface area contributed by atoms with Gasteiger partial charge >= 0.3 is 0 Å². The standard InChI is InChI=1S/C23H31N3O4S2/c1-17-14-25(15-18(2)30-17)16-20-7-5-19(6-8-20)13-24-23(27)22-21(9-12-31-22)32(28,29)26-10-3-4-11-26/h5-9,12,17-18H,3-4,10-11,13-16H2,1-2H3,(H,24,27). The maximum Gasteiger partial charge on any atom is 0.263 e. The predicted octanol–water partition coefficient (Wildman–Crippen LogP) is 3.07. The van der Waals surface area contributed by atoms with Gasteiger partial charge in [-0.3, -0.25) is 9.69 Å². The van der Waals surface area contributed by atoms with Crippen LogP contribution in [0.4, 0.5) is 0 Å². The smallest absolute Gasteiger partial charge is 0.263 e. The van der Waals surface area contributed by atoms with Gasteiger partial charge in [-0.15, -0.1) is 11.3 Å². The van der Waals surface area contributed by atoms with E-state index in [1.165, 1.54) is 27.3 Å². The molecule has 1 N–H and O–H groups in total. The summed E-state index contributed by atoms with van der Waals surface area (Å²) in [5.41, 5.74) is 2.20. The van der Waals surface area contributed by atoms with Crippen LogP contribution in [0.3, 0.4) is 0 Å². The number of thiophene rings is 1. The second-order valence-electron chi connectivity index (χ2n) is 8.68. The lowest BCUT2D eigenvalue weighted by Crippen LogP contribution is -2.44. The number of morpholine rings is 1. The van der Waals surface area contributed by atoms with Gasteiger partial charge in [0, 0.05) is 39.3 Å². The molecule has 4 rings (SSSR count). The van der Waals surface area contributed by atoms with Gasteiger partial charge in [0.25, 0.3) is 5.91 Å². The summed E-state index contributed by atoms with van der Waals surface area (Å²) in [6, 6.07) is 9.73. The molecule has 2 aliphatic rings. The summed E-state index contributed by atoms with van der Waals surface area (Å²) >= 11 is 1.17. The average Bonchev–Trinajstić information content (AvgIpc) is 3.45. The molecule has 0 spiro atoms. The van der Waals surface area contributed by atoms with Gasteiger partial charge in [-0.25, -0.2) is 8.42 Å². The molecule has 1 aromatic heterocycles. The SMILES string of the molecule is CC1CN(Cc2ccc(CNC(=O)c3sccc3S(=O)(=O)N3CCCC3)cc2)CC(C)O1. The Labute approximate surface area is 194 Å². The highest BCUT2D eigenvalue weighted by atomic mass is 32.2. The Bertz CT molecular complexity index is 1020. The Balaban J connectivity index is 1.34. The number of benzene rings is 1. The van der Waals surface area contributed by atoms with E-state index < -0.39 is 10.0 Å². The minimum atomic E-state index is -3.61. The molecule has 1 aromatic carbocycles. The fourth-order valence-corrected chi connectivity index (χ4v) is 7.26. The third kappa shape index (κ3) is 5.40. The van der Waals surface area contributed by atoms with Crippen molar-refractivity contribution in [1.29, 1.82) is 0 Å². The third-order valence-corrected chi connectivity index (χ3v) is 8.88. The van der Waals surface area contributed by atoms with Gasteiger partial charge < -0.3 is 10.1 Å². The van der Waals surface area contributed by atoms with Crippen molar-refractivity contribution in [2.75, 3.05) is 26.2 Å². The quantitative estimate of drug-likeness (QED) is 0.663. The Kier molecular flexibility index (Phi) is 7.31. The number of hydrogen-bond donors (Lipinski definition) is 1. The van der Waals surface area contributed by atoms with E-state index in [0.717, 1.165) is 38.0 Å². The zero-order valence-electron chi connectivity index (χ0n) is 18.6. The number of rotatable bonds is 7. The number of sulfonamides is 1. The minimum Gasteiger partial charge on any atom is -0.373 e. The molecule has 2 fully saturated rings. The molecule has 0 aliphatic carbocycles. The van der Waals surface area contributed by atoms with Crippen molar-refractivity contribution in [3.8, 4) is 0 Å². The largest absolute Gasteiger partial charge is 0.373 e. The zero-order chi connectivity index (χ0) is 22.7. The highest BCUT2D eigenvalue weighted by molar-refractivity contribution is 7.89. The summed E-state index contributed by atoms with van der Waals surface area (Å²) in [6.07, 6.45) is 2.21. The summed E-state index contributed by atoms with van der Waals surface area (Å²) in [5.74, 6) is -0.349. The van der Waals surface area contributed by atoms with Crippen LogP contribution in [-0.4, -0.2) is 61.9 Å². The normalized spacial score (nSPS) is 22.8. The highest BCUT2D eigenvalue weighted by Gasteiger charge is 2.31. The second-order valence-corrected chi connectivity index (χ2v) is 11.5. The summed E-state index contributed by atoms with van der Waals surface area (Å²) in [5, 5.41) is 4.55. The van der Waals surface area contributed by atoms with E-state index in [1.54, 1.807) is 5.38 Å². The van der Waals surface area contributed by atoms with Crippen LogP contribution in [0.5, 0.6) is 0 Å². The first kappa shape index (κ1) is 23.4. The Hall–Kier alpha value is -1.78. The Morgan fingerprint density at radius 3 is 2.34 bits per heavy atom. The van der Waals surface area contributed by atoms with Crippen molar-refractivity contribution in [3.63, 3.8) is 0 Å². The lowest BCUT2D eigenvalue weighted by Gasteiger charge is -2.35. The Morgan fingerprint density at radius 2 is 1.69 bits per heavy atom. The second kappa shape index (κ2) is 10.0. The number of nitrogens with zero attached hydrogens (tertiary/aromatic N) is 2. The summed E-state index contributed by atoms with van der Waals surface area (Å²) in [6.45, 7) is 8.32. The molecule has 7 nitrogen and oxygen atoms in total. The summed E-state index contributed by atoms with van der Waals surface area (Å²) in [4.78, 5) is 15.5. The van der Waals surface area contributed by atoms with E-state index in [2.05, 4.69) is 36.2 Å². The number of carbonyl (C=O) groups excluding carboxylic acids is 1. The first-order valence-corrected chi connectivity index (χ1v) is 13.5. The maximum atomic E-state index is 12.9. The number of ether oxygens (including phenoxy) is 1. The molecule has 2 unspecified atom stereocenters. The fraction of sp³-hybridized carbons (Fsp3) is 0.522. The Morgan fingerprint density at radius 1 is 1.06 bits per heavy atom. The number of hydrogen-bond acceptors (Lipinski definition) is 6. The minimum absolute atomic E-state index is 0.117. The molecule has 3 heterocycles. The molecule has 1 amide bonds. The van der Waals surface area contributed by atoms with Crippen LogP contribution in [0.1, 0.15) is 47.5 Å². The molecular weight excluding hydrogens is 446 g/mol. The highest BCUT2D eigenvalue weighted by Crippen LogP contribution is 2.27. The van der Waals surface area contributed by atoms with Gasteiger partial charge in [-0.05, 0) is 49.3 Å². The molecular formula is C23H31N3O4S2. The molecule has 2 atom stereocenters. The number of amides is 1. The number of nitrogens with one attached hydrogen (secondary N) is 1. The van der Waals surface area contributed by atoms with Crippen LogP contribution >= 0.6 is 11.3 Å². The first-order chi connectivity index (χ1) is 15.3. The van der Waals surface area contributed by atoms with Crippen molar-refractivity contribution in [1.82, 2.24) is 14.5 Å². The van der Waals surface area contributed by atoms with Gasteiger partial charge in [0.2, 0.25) is 10.0 Å². The van der Waals surface area contributed by atoms with Crippen molar-refractivity contribution < 1.29 is 17.9 Å². The van der Waals surface area contributed by atoms with Crippen molar-refractivity contribution in [3.05, 3.63) is 51.7 Å². The molecule has 9 heteroatoms. The molecule has 0 radical (unpaired) electrons. The van der Waals surface area contributed by atoms with Crippen LogP contribution in [0.2, 0.25) is 0 Å². The molecule has 2 aliphatic heterocycles. The molecule has 0 bridgehead atoms. The van der Waals surface area contributed by atoms with Crippen molar-refractivity contribution in [2.45, 2.75) is 56.9 Å². The van der Waals surface area contributed by atoms with Crippen molar-refractivity contribution in [2.24, 2.45) is 0 Å². The lowest BCUT2D eigenvalue weighted by atomic mass is 10.1. The maximum absolute atomic E-state index is 12.9. The van der Waals surface area contributed by atoms with Gasteiger partial charge in [-0.1, -0.05) is 24.3 Å². The van der Waals surface area contributed by atoms with Gasteiger partial charge in [0.15, 0.2) is 0 Å². The van der Waals surface area contributed by atoms with Crippen LogP contribution in [0.25, 0.3) is 0 Å². The van der Waals surface area contributed by atoms with Crippen molar-refractivity contribution >= 4 is 27.3 Å². The van der Waals surface area contributed by atoms with E-state index in [9.17, 15) is 13.2 Å². The van der Waals surface area contributed by atoms with E-state index in [1.807, 2.05) is 12.1 Å². The van der Waals surface area contributed by atoms with Gasteiger partial charge in [-0.2, -0.15) is 4.31 Å². The topological polar surface area (TPSA) is 79.0 Å². The third-order valence-electron chi connectivity index (χ3n) is 5.90. The van der Waals surface area contributed by atoms with Crippen LogP contribution in [0.15, 0.2) is 40.6 Å². The van der Waals surface area contributed by atoms with E-state index in [-0.39, 0.29) is 27.9 Å². The van der Waals surface area contributed by atoms with Gasteiger partial charge in [0.05, 0.1) is 12.2 Å². The van der Waals surface area contributed by atoms with Crippen LogP contribution < -0.4 is 5.32 Å². The number of carbonyl (C=O) groups is 1. The molecule has 174 valence electrons. The van der Waals surface area contributed by atoms with Crippen LogP contribution in [0, 0.1) is 0 Å². The van der Waals surface area contributed by atoms with E-state index >= 15 is 0 Å². The summed E-state index contributed by atoms with van der Waals surface area (Å²) in [7, 11) is -3.61. The predicted molar refractivity (Wildman–Crippen MR) is 125 cm³/mol. The summed E-state index contributed by atoms with van der Waals surface area (Å²) < 4.78 is 33.0. The van der Waals surface area contributed by atoms with E-state index in [0.29, 0.717) is 19.6 Å².